The van der Waals surface area contributed by atoms with Gasteiger partial charge in [-0.15, -0.1) is 0 Å². The molecule has 0 unspecified atom stereocenters. The van der Waals surface area contributed by atoms with E-state index < -0.39 is 0 Å². The van der Waals surface area contributed by atoms with Crippen LogP contribution in [0.1, 0.15) is 18.2 Å². The lowest BCUT2D eigenvalue weighted by Gasteiger charge is -2.00. The Balaban J connectivity index is 3.09. The number of aryl methyl sites for hydroxylation is 1. The molecule has 1 heterocycles. The third-order valence-corrected chi connectivity index (χ3v) is 1.54. The van der Waals surface area contributed by atoms with E-state index in [0.717, 1.165) is 17.7 Å². The highest BCUT2D eigenvalue weighted by molar-refractivity contribution is 5.48. The van der Waals surface area contributed by atoms with E-state index in [1.165, 1.54) is 0 Å². The average Bonchev–Trinajstić information content (AvgIpc) is 2.04. The number of rotatable bonds is 2. The van der Waals surface area contributed by atoms with Crippen LogP contribution >= 0.6 is 0 Å². The predicted octanol–water partition coefficient (Wildman–Crippen LogP) is 1.99. The molecule has 2 heteroatoms. The normalized spacial score (nSPS) is 9.55. The Morgan fingerprint density at radius 2 is 2.45 bits per heavy atom. The summed E-state index contributed by atoms with van der Waals surface area (Å²) in [6, 6.07) is 1.67. The number of nitrogens with zero attached hydrogens (tertiary/aromatic N) is 1. The lowest BCUT2D eigenvalue weighted by Crippen LogP contribution is -1.87. The lowest BCUT2D eigenvalue weighted by atomic mass is 10.2. The van der Waals surface area contributed by atoms with E-state index in [-0.39, 0.29) is 5.75 Å². The maximum atomic E-state index is 9.31. The van der Waals surface area contributed by atoms with Gasteiger partial charge < -0.3 is 5.11 Å². The second-order valence-electron chi connectivity index (χ2n) is 2.29. The molecule has 0 bridgehead atoms. The van der Waals surface area contributed by atoms with Gasteiger partial charge in [-0.1, -0.05) is 19.6 Å². The van der Waals surface area contributed by atoms with Crippen molar-refractivity contribution in [3.05, 3.63) is 30.1 Å². The van der Waals surface area contributed by atoms with Crippen LogP contribution in [0.15, 0.2) is 18.8 Å². The van der Waals surface area contributed by atoms with Gasteiger partial charge >= 0.3 is 0 Å². The van der Waals surface area contributed by atoms with E-state index in [1.54, 1.807) is 18.3 Å². The molecule has 1 aromatic rings. The van der Waals surface area contributed by atoms with E-state index in [9.17, 15) is 5.11 Å². The van der Waals surface area contributed by atoms with Crippen molar-refractivity contribution in [1.29, 1.82) is 0 Å². The van der Waals surface area contributed by atoms with Crippen molar-refractivity contribution < 1.29 is 5.11 Å². The van der Waals surface area contributed by atoms with E-state index in [4.69, 9.17) is 0 Å². The van der Waals surface area contributed by atoms with Crippen molar-refractivity contribution in [2.45, 2.75) is 13.3 Å². The van der Waals surface area contributed by atoms with E-state index in [2.05, 4.69) is 11.6 Å². The fourth-order valence-corrected chi connectivity index (χ4v) is 0.881. The van der Waals surface area contributed by atoms with Crippen molar-refractivity contribution in [3.63, 3.8) is 0 Å². The molecule has 0 atom stereocenters. The number of pyridine rings is 1. The summed E-state index contributed by atoms with van der Waals surface area (Å²) in [6.07, 6.45) is 4.11. The van der Waals surface area contributed by atoms with Gasteiger partial charge in [0.15, 0.2) is 0 Å². The summed E-state index contributed by atoms with van der Waals surface area (Å²) in [5.41, 5.74) is 1.58. The zero-order chi connectivity index (χ0) is 8.27. The molecule has 1 aromatic heterocycles. The van der Waals surface area contributed by atoms with Crippen LogP contribution in [0.25, 0.3) is 6.08 Å². The monoisotopic (exact) mass is 149 g/mol. The smallest absolute Gasteiger partial charge is 0.137 e. The Morgan fingerprint density at radius 1 is 1.73 bits per heavy atom. The first-order valence-electron chi connectivity index (χ1n) is 3.58. The van der Waals surface area contributed by atoms with Crippen LogP contribution in [0, 0.1) is 0 Å². The van der Waals surface area contributed by atoms with Gasteiger partial charge in [0.1, 0.15) is 5.75 Å². The van der Waals surface area contributed by atoms with Crippen molar-refractivity contribution in [1.82, 2.24) is 4.98 Å². The summed E-state index contributed by atoms with van der Waals surface area (Å²) in [5.74, 6) is 0.255. The van der Waals surface area contributed by atoms with Crippen LogP contribution < -0.4 is 0 Å². The SMILES string of the molecule is C=Cc1cnc(CC)c(O)c1. The van der Waals surface area contributed by atoms with E-state index in [1.807, 2.05) is 6.92 Å². The van der Waals surface area contributed by atoms with Crippen LogP contribution in [0.5, 0.6) is 5.75 Å². The van der Waals surface area contributed by atoms with Gasteiger partial charge in [-0.25, -0.2) is 0 Å². The standard InChI is InChI=1S/C9H11NO/c1-3-7-5-9(11)8(4-2)10-6-7/h3,5-6,11H,1,4H2,2H3. The van der Waals surface area contributed by atoms with E-state index in [0.29, 0.717) is 0 Å². The molecule has 1 rings (SSSR count). The number of hydrogen-bond acceptors (Lipinski definition) is 2. The number of hydrogen-bond donors (Lipinski definition) is 1. The summed E-state index contributed by atoms with van der Waals surface area (Å²) in [5, 5.41) is 9.31. The molecule has 0 amide bonds. The first kappa shape index (κ1) is 7.79. The van der Waals surface area contributed by atoms with Crippen LogP contribution in [-0.4, -0.2) is 10.1 Å². The highest BCUT2D eigenvalue weighted by atomic mass is 16.3. The molecular formula is C9H11NO. The molecule has 2 nitrogen and oxygen atoms in total. The molecule has 0 fully saturated rings. The zero-order valence-corrected chi connectivity index (χ0v) is 6.54. The number of aromatic hydroxyl groups is 1. The second-order valence-corrected chi connectivity index (χ2v) is 2.29. The highest BCUT2D eigenvalue weighted by Gasteiger charge is 1.98. The fraction of sp³-hybridized carbons (Fsp3) is 0.222. The van der Waals surface area contributed by atoms with Gasteiger partial charge in [0.25, 0.3) is 0 Å². The van der Waals surface area contributed by atoms with Crippen LogP contribution in [0.4, 0.5) is 0 Å². The van der Waals surface area contributed by atoms with Gasteiger partial charge in [0.05, 0.1) is 5.69 Å². The third kappa shape index (κ3) is 1.58. The first-order valence-corrected chi connectivity index (χ1v) is 3.58. The first-order chi connectivity index (χ1) is 5.27. The Bertz CT molecular complexity index is 268. The molecule has 0 aliphatic rings. The molecule has 0 radical (unpaired) electrons. The van der Waals surface area contributed by atoms with E-state index >= 15 is 0 Å². The Labute approximate surface area is 66.2 Å². The molecule has 0 aliphatic carbocycles. The molecule has 0 aliphatic heterocycles. The van der Waals surface area contributed by atoms with Gasteiger partial charge in [-0.2, -0.15) is 0 Å². The third-order valence-electron chi connectivity index (χ3n) is 1.54. The molecule has 58 valence electrons. The topological polar surface area (TPSA) is 33.1 Å². The Kier molecular flexibility index (Phi) is 2.26. The summed E-state index contributed by atoms with van der Waals surface area (Å²) < 4.78 is 0. The minimum absolute atomic E-state index is 0.255. The predicted molar refractivity (Wildman–Crippen MR) is 45.4 cm³/mol. The van der Waals surface area contributed by atoms with Crippen LogP contribution in [-0.2, 0) is 6.42 Å². The fourth-order valence-electron chi connectivity index (χ4n) is 0.881. The summed E-state index contributed by atoms with van der Waals surface area (Å²) in [7, 11) is 0. The van der Waals surface area contributed by atoms with Crippen molar-refractivity contribution in [2.75, 3.05) is 0 Å². The van der Waals surface area contributed by atoms with Crippen molar-refractivity contribution in [3.8, 4) is 5.75 Å². The minimum Gasteiger partial charge on any atom is -0.506 e. The van der Waals surface area contributed by atoms with Crippen LogP contribution in [0.3, 0.4) is 0 Å². The van der Waals surface area contributed by atoms with Gasteiger partial charge in [-0.3, -0.25) is 4.98 Å². The molecule has 0 spiro atoms. The highest BCUT2D eigenvalue weighted by Crippen LogP contribution is 2.16. The van der Waals surface area contributed by atoms with Gasteiger partial charge in [-0.05, 0) is 18.1 Å². The molecular weight excluding hydrogens is 138 g/mol. The lowest BCUT2D eigenvalue weighted by molar-refractivity contribution is 0.464. The molecule has 0 saturated carbocycles. The average molecular weight is 149 g/mol. The maximum Gasteiger partial charge on any atom is 0.137 e. The summed E-state index contributed by atoms with van der Waals surface area (Å²) >= 11 is 0. The van der Waals surface area contributed by atoms with Gasteiger partial charge in [0, 0.05) is 6.20 Å². The second kappa shape index (κ2) is 3.19. The van der Waals surface area contributed by atoms with Crippen LogP contribution in [0.2, 0.25) is 0 Å². The number of aromatic nitrogens is 1. The molecule has 0 saturated heterocycles. The molecule has 0 aromatic carbocycles. The Hall–Kier alpha value is -1.31. The van der Waals surface area contributed by atoms with Crippen molar-refractivity contribution >= 4 is 6.08 Å². The van der Waals surface area contributed by atoms with Gasteiger partial charge in [0.2, 0.25) is 0 Å². The molecule has 1 N–H and O–H groups in total. The van der Waals surface area contributed by atoms with Crippen molar-refractivity contribution in [2.24, 2.45) is 0 Å². The summed E-state index contributed by atoms with van der Waals surface area (Å²) in [6.45, 7) is 5.53. The quantitative estimate of drug-likeness (QED) is 0.697. The maximum absolute atomic E-state index is 9.31. The zero-order valence-electron chi connectivity index (χ0n) is 6.54. The minimum atomic E-state index is 0.255. The summed E-state index contributed by atoms with van der Waals surface area (Å²) in [4.78, 5) is 4.05. The molecule has 11 heavy (non-hydrogen) atoms. The largest absolute Gasteiger partial charge is 0.506 e. The Morgan fingerprint density at radius 3 is 2.91 bits per heavy atom.